The van der Waals surface area contributed by atoms with Gasteiger partial charge in [0.05, 0.1) is 24.0 Å². The number of carbonyl (C=O) groups excluding carboxylic acids is 4. The predicted octanol–water partition coefficient (Wildman–Crippen LogP) is 5.48. The number of anilines is 2. The summed E-state index contributed by atoms with van der Waals surface area (Å²) >= 11 is 0. The molecule has 0 aliphatic carbocycles. The largest absolute Gasteiger partial charge is 0.480 e. The van der Waals surface area contributed by atoms with Crippen LogP contribution in [0.15, 0.2) is 73.1 Å². The minimum Gasteiger partial charge on any atom is -0.480 e. The SMILES string of the molecule is CCCC(NC(=O)Cc1cc(F)cc(F)c1)C(=O)Nc1ccc(C(N)=O)cn1.CCCC(NC(=O)Cc1cc(F)cc(F)c1)C(=O)O.Nc1ccc(C(F)(F)F)cn1. The summed E-state index contributed by atoms with van der Waals surface area (Å²) < 4.78 is 87.8. The van der Waals surface area contributed by atoms with Crippen LogP contribution >= 0.6 is 0 Å². The third kappa shape index (κ3) is 17.5. The van der Waals surface area contributed by atoms with Crippen LogP contribution in [-0.2, 0) is 38.2 Å². The van der Waals surface area contributed by atoms with E-state index in [0.29, 0.717) is 44.0 Å². The number of hydrogen-bond donors (Lipinski definition) is 6. The average molecular weight is 824 g/mol. The molecule has 0 fully saturated rings. The van der Waals surface area contributed by atoms with Gasteiger partial charge in [0.15, 0.2) is 0 Å². The molecule has 0 aliphatic heterocycles. The molecule has 0 spiro atoms. The van der Waals surface area contributed by atoms with Gasteiger partial charge in [-0.25, -0.2) is 32.3 Å². The number of pyridine rings is 2. The van der Waals surface area contributed by atoms with Crippen LogP contribution in [0.3, 0.4) is 0 Å². The van der Waals surface area contributed by atoms with E-state index in [0.717, 1.165) is 36.4 Å². The van der Waals surface area contributed by atoms with Gasteiger partial charge in [-0.15, -0.1) is 0 Å². The second-order valence-corrected chi connectivity index (χ2v) is 12.3. The molecular weight excluding hydrogens is 783 g/mol. The lowest BCUT2D eigenvalue weighted by molar-refractivity contribution is -0.142. The molecule has 0 aliphatic rings. The van der Waals surface area contributed by atoms with E-state index >= 15 is 0 Å². The number of carbonyl (C=O) groups is 5. The van der Waals surface area contributed by atoms with Crippen LogP contribution in [0.2, 0.25) is 0 Å². The first-order valence-electron chi connectivity index (χ1n) is 17.3. The average Bonchev–Trinajstić information content (AvgIpc) is 3.11. The van der Waals surface area contributed by atoms with Gasteiger partial charge >= 0.3 is 12.1 Å². The first-order chi connectivity index (χ1) is 27.2. The highest BCUT2D eigenvalue weighted by molar-refractivity contribution is 5.97. The molecule has 0 radical (unpaired) electrons. The summed E-state index contributed by atoms with van der Waals surface area (Å²) in [7, 11) is 0. The van der Waals surface area contributed by atoms with E-state index in [-0.39, 0.29) is 41.2 Å². The number of benzene rings is 2. The highest BCUT2D eigenvalue weighted by Gasteiger charge is 2.30. The molecular formula is C38H40F7N7O6. The van der Waals surface area contributed by atoms with E-state index in [1.165, 1.54) is 18.3 Å². The van der Waals surface area contributed by atoms with E-state index in [1.54, 1.807) is 6.92 Å². The van der Waals surface area contributed by atoms with Gasteiger partial charge in [0.2, 0.25) is 23.6 Å². The van der Waals surface area contributed by atoms with Crippen LogP contribution in [0.4, 0.5) is 42.4 Å². The summed E-state index contributed by atoms with van der Waals surface area (Å²) in [5.41, 5.74) is 9.95. The molecule has 4 rings (SSSR count). The van der Waals surface area contributed by atoms with Crippen molar-refractivity contribution in [3.05, 3.63) is 119 Å². The molecule has 0 saturated carbocycles. The molecule has 2 heterocycles. The topological polar surface area (TPSA) is 219 Å². The van der Waals surface area contributed by atoms with Crippen molar-refractivity contribution in [2.24, 2.45) is 5.73 Å². The zero-order valence-corrected chi connectivity index (χ0v) is 31.0. The fourth-order valence-corrected chi connectivity index (χ4v) is 4.79. The Bertz CT molecular complexity index is 1980. The fourth-order valence-electron chi connectivity index (χ4n) is 4.79. The lowest BCUT2D eigenvalue weighted by Crippen LogP contribution is -2.44. The summed E-state index contributed by atoms with van der Waals surface area (Å²) in [6, 6.07) is 8.62. The number of hydrogen-bond acceptors (Lipinski definition) is 8. The number of carboxylic acids is 1. The molecule has 2 unspecified atom stereocenters. The molecule has 2 aromatic heterocycles. The highest BCUT2D eigenvalue weighted by Crippen LogP contribution is 2.28. The Hall–Kier alpha value is -6.60. The Kier molecular flexibility index (Phi) is 18.7. The number of carboxylic acid groups (broad SMARTS) is 1. The molecule has 2 atom stereocenters. The number of rotatable bonds is 14. The second kappa shape index (κ2) is 22.8. The third-order valence-electron chi connectivity index (χ3n) is 7.43. The van der Waals surface area contributed by atoms with Gasteiger partial charge in [0, 0.05) is 24.5 Å². The van der Waals surface area contributed by atoms with Crippen LogP contribution in [0.1, 0.15) is 66.6 Å². The summed E-state index contributed by atoms with van der Waals surface area (Å²) in [6.07, 6.45) is -1.06. The number of nitrogens with one attached hydrogen (secondary N) is 3. The maximum atomic E-state index is 13.2. The number of nitrogens with two attached hydrogens (primary N) is 2. The molecule has 0 bridgehead atoms. The zero-order chi connectivity index (χ0) is 43.6. The van der Waals surface area contributed by atoms with Gasteiger partial charge in [-0.2, -0.15) is 13.2 Å². The zero-order valence-electron chi connectivity index (χ0n) is 31.0. The molecule has 4 amide bonds. The third-order valence-corrected chi connectivity index (χ3v) is 7.43. The minimum atomic E-state index is -4.33. The Morgan fingerprint density at radius 3 is 1.57 bits per heavy atom. The predicted molar refractivity (Wildman–Crippen MR) is 196 cm³/mol. The Labute approximate surface area is 327 Å². The number of halogens is 7. The van der Waals surface area contributed by atoms with Crippen molar-refractivity contribution in [3.8, 4) is 0 Å². The monoisotopic (exact) mass is 823 g/mol. The van der Waals surface area contributed by atoms with Gasteiger partial charge < -0.3 is 32.5 Å². The van der Waals surface area contributed by atoms with Crippen molar-refractivity contribution in [2.75, 3.05) is 11.1 Å². The van der Waals surface area contributed by atoms with Gasteiger partial charge in [0.1, 0.15) is 47.0 Å². The van der Waals surface area contributed by atoms with Gasteiger partial charge in [-0.1, -0.05) is 26.7 Å². The van der Waals surface area contributed by atoms with Gasteiger partial charge in [-0.3, -0.25) is 19.2 Å². The molecule has 0 saturated heterocycles. The summed E-state index contributed by atoms with van der Waals surface area (Å²) in [4.78, 5) is 65.4. The molecule has 8 N–H and O–H groups in total. The molecule has 4 aromatic rings. The summed E-state index contributed by atoms with van der Waals surface area (Å²) in [6.45, 7) is 3.64. The Morgan fingerprint density at radius 2 is 1.19 bits per heavy atom. The standard InChI is InChI=1S/C19H20F2N4O3.C13H15F2NO3.C6H5F3N2/c1-2-3-15(19(28)25-16-5-4-12(10-23-16)18(22)27)24-17(26)8-11-6-13(20)9-14(21)7-11;1-2-3-11(13(18)19)16-12(17)6-8-4-9(14)7-10(15)5-8;7-6(8,9)4-1-2-5(10)11-3-4/h4-7,9-10,15H,2-3,8H2,1H3,(H2,22,27)(H,24,26)(H,23,25,28);4-5,7,11H,2-3,6H2,1H3,(H,16,17)(H,18,19);1-3H,(H2,10,11). The van der Waals surface area contributed by atoms with Crippen molar-refractivity contribution in [1.29, 1.82) is 0 Å². The number of aromatic nitrogens is 2. The summed E-state index contributed by atoms with van der Waals surface area (Å²) in [5.74, 6) is -6.22. The molecule has 2 aromatic carbocycles. The first-order valence-corrected chi connectivity index (χ1v) is 17.3. The Morgan fingerprint density at radius 1 is 0.707 bits per heavy atom. The Balaban J connectivity index is 0.000000332. The van der Waals surface area contributed by atoms with E-state index in [2.05, 4.69) is 25.9 Å². The van der Waals surface area contributed by atoms with Crippen molar-refractivity contribution < 1.29 is 59.8 Å². The highest BCUT2D eigenvalue weighted by atomic mass is 19.4. The lowest BCUT2D eigenvalue weighted by atomic mass is 10.1. The number of alkyl halides is 3. The van der Waals surface area contributed by atoms with E-state index in [4.69, 9.17) is 16.6 Å². The molecule has 13 nitrogen and oxygen atoms in total. The number of nitrogens with zero attached hydrogens (tertiary/aromatic N) is 2. The first kappa shape index (κ1) is 47.6. The maximum Gasteiger partial charge on any atom is 0.417 e. The quantitative estimate of drug-likeness (QED) is 0.0886. The smallest absolute Gasteiger partial charge is 0.417 e. The van der Waals surface area contributed by atoms with Gasteiger partial charge in [0.25, 0.3) is 0 Å². The lowest BCUT2D eigenvalue weighted by Gasteiger charge is -2.17. The van der Waals surface area contributed by atoms with Gasteiger partial charge in [-0.05, 0) is 72.5 Å². The molecule has 20 heteroatoms. The van der Waals surface area contributed by atoms with E-state index < -0.39 is 76.7 Å². The van der Waals surface area contributed by atoms with Crippen molar-refractivity contribution in [3.63, 3.8) is 0 Å². The molecule has 58 heavy (non-hydrogen) atoms. The number of aliphatic carboxylic acids is 1. The molecule has 312 valence electrons. The van der Waals surface area contributed by atoms with Crippen molar-refractivity contribution >= 4 is 41.2 Å². The number of amides is 4. The number of primary amides is 1. The number of nitrogen functional groups attached to an aromatic ring is 1. The van der Waals surface area contributed by atoms with Crippen LogP contribution in [0.5, 0.6) is 0 Å². The fraction of sp³-hybridized carbons (Fsp3) is 0.289. The van der Waals surface area contributed by atoms with E-state index in [9.17, 15) is 54.7 Å². The summed E-state index contributed by atoms with van der Waals surface area (Å²) in [5, 5.41) is 16.3. The second-order valence-electron chi connectivity index (χ2n) is 12.3. The minimum absolute atomic E-state index is 0.0815. The maximum absolute atomic E-state index is 13.2. The van der Waals surface area contributed by atoms with Crippen molar-refractivity contribution in [1.82, 2.24) is 20.6 Å². The van der Waals surface area contributed by atoms with E-state index in [1.807, 2.05) is 6.92 Å². The van der Waals surface area contributed by atoms with Crippen LogP contribution in [0.25, 0.3) is 0 Å². The van der Waals surface area contributed by atoms with Crippen LogP contribution < -0.4 is 27.4 Å². The van der Waals surface area contributed by atoms with Crippen LogP contribution in [-0.4, -0.2) is 56.8 Å². The van der Waals surface area contributed by atoms with Crippen LogP contribution in [0, 0.1) is 23.3 Å². The van der Waals surface area contributed by atoms with Crippen molar-refractivity contribution in [2.45, 2.75) is 70.6 Å². The normalized spacial score (nSPS) is 11.7.